The Balaban J connectivity index is 1.52. The zero-order valence-corrected chi connectivity index (χ0v) is 14.8. The summed E-state index contributed by atoms with van der Waals surface area (Å²) in [6.07, 6.45) is 2.93. The fourth-order valence-electron chi connectivity index (χ4n) is 2.49. The molecule has 27 heavy (non-hydrogen) atoms. The van der Waals surface area contributed by atoms with E-state index in [1.165, 1.54) is 23.7 Å². The second-order valence-corrected chi connectivity index (χ2v) is 6.65. The molecule has 0 fully saturated rings. The number of nitrogens with one attached hydrogen (secondary N) is 1. The van der Waals surface area contributed by atoms with Gasteiger partial charge < -0.3 is 14.2 Å². The van der Waals surface area contributed by atoms with Crippen LogP contribution in [0.15, 0.2) is 69.2 Å². The molecule has 0 atom stereocenters. The van der Waals surface area contributed by atoms with Crippen LogP contribution < -0.4 is 5.32 Å². The summed E-state index contributed by atoms with van der Waals surface area (Å²) in [6, 6.07) is 16.7. The van der Waals surface area contributed by atoms with Gasteiger partial charge in [0.05, 0.1) is 23.0 Å². The van der Waals surface area contributed by atoms with Gasteiger partial charge in [-0.3, -0.25) is 4.79 Å². The van der Waals surface area contributed by atoms with E-state index in [-0.39, 0.29) is 12.1 Å². The first-order valence-electron chi connectivity index (χ1n) is 8.11. The fraction of sp³-hybridized carbons (Fsp3) is 0.0500. The number of hydrogen-bond donors (Lipinski definition) is 1. The van der Waals surface area contributed by atoms with Crippen molar-refractivity contribution in [2.24, 2.45) is 0 Å². The molecule has 0 unspecified atom stereocenters. The highest BCUT2D eigenvalue weighted by Crippen LogP contribution is 2.31. The molecule has 0 bridgehead atoms. The number of hydrogen-bond acceptors (Lipinski definition) is 6. The van der Waals surface area contributed by atoms with Crippen LogP contribution in [0.3, 0.4) is 0 Å². The van der Waals surface area contributed by atoms with Crippen LogP contribution in [-0.2, 0) is 11.3 Å². The largest absolute Gasteiger partial charge is 0.467 e. The Morgan fingerprint density at radius 1 is 1.22 bits per heavy atom. The maximum absolute atomic E-state index is 12.2. The molecule has 0 aliphatic rings. The molecule has 3 heterocycles. The molecule has 0 radical (unpaired) electrons. The van der Waals surface area contributed by atoms with Gasteiger partial charge in [0.15, 0.2) is 10.8 Å². The van der Waals surface area contributed by atoms with E-state index in [1.807, 2.05) is 30.3 Å². The van der Waals surface area contributed by atoms with Crippen molar-refractivity contribution >= 4 is 33.5 Å². The molecule has 3 aromatic heterocycles. The average molecular weight is 375 g/mol. The summed E-state index contributed by atoms with van der Waals surface area (Å²) in [4.78, 5) is 16.7. The third-order valence-corrected chi connectivity index (χ3v) is 4.84. The van der Waals surface area contributed by atoms with Gasteiger partial charge in [-0.05, 0) is 36.4 Å². The fourth-order valence-corrected chi connectivity index (χ4v) is 3.42. The zero-order valence-electron chi connectivity index (χ0n) is 14.0. The highest BCUT2D eigenvalue weighted by Gasteiger charge is 2.13. The quantitative estimate of drug-likeness (QED) is 0.413. The summed E-state index contributed by atoms with van der Waals surface area (Å²) >= 11 is 1.52. The van der Waals surface area contributed by atoms with Crippen molar-refractivity contribution < 1.29 is 13.6 Å². The first-order chi connectivity index (χ1) is 13.2. The molecular formula is C20H13N3O3S. The van der Waals surface area contributed by atoms with Crippen LogP contribution in [0.1, 0.15) is 11.5 Å². The monoisotopic (exact) mass is 375 g/mol. The van der Waals surface area contributed by atoms with Crippen molar-refractivity contribution in [2.75, 3.05) is 0 Å². The summed E-state index contributed by atoms with van der Waals surface area (Å²) in [5, 5.41) is 12.7. The molecule has 6 nitrogen and oxygen atoms in total. The van der Waals surface area contributed by atoms with E-state index in [0.29, 0.717) is 17.3 Å². The lowest BCUT2D eigenvalue weighted by atomic mass is 10.2. The lowest BCUT2D eigenvalue weighted by Crippen LogP contribution is -2.23. The van der Waals surface area contributed by atoms with Crippen molar-refractivity contribution in [1.29, 1.82) is 5.26 Å². The number of carbonyl (C=O) groups excluding carboxylic acids is 1. The van der Waals surface area contributed by atoms with E-state index in [1.54, 1.807) is 24.3 Å². The molecule has 0 saturated carbocycles. The molecular weight excluding hydrogens is 362 g/mol. The van der Waals surface area contributed by atoms with E-state index in [9.17, 15) is 10.1 Å². The Labute approximate surface area is 158 Å². The van der Waals surface area contributed by atoms with Crippen LogP contribution in [0.2, 0.25) is 0 Å². The normalized spacial score (nSPS) is 11.4. The SMILES string of the molecule is N#CC(=Cc1ccc(-c2nc3ccccc3s2)o1)C(=O)NCc1ccco1. The van der Waals surface area contributed by atoms with Crippen LogP contribution in [0, 0.1) is 11.3 Å². The van der Waals surface area contributed by atoms with Crippen molar-refractivity contribution in [2.45, 2.75) is 6.54 Å². The first-order valence-corrected chi connectivity index (χ1v) is 8.93. The van der Waals surface area contributed by atoms with Gasteiger partial charge in [-0.15, -0.1) is 11.3 Å². The number of thiazole rings is 1. The van der Waals surface area contributed by atoms with Gasteiger partial charge in [-0.2, -0.15) is 5.26 Å². The minimum absolute atomic E-state index is 0.0493. The average Bonchev–Trinajstić information content (AvgIpc) is 3.44. The number of aromatic nitrogens is 1. The van der Waals surface area contributed by atoms with Crippen molar-refractivity contribution in [3.8, 4) is 16.8 Å². The Morgan fingerprint density at radius 3 is 2.89 bits per heavy atom. The number of nitriles is 1. The summed E-state index contributed by atoms with van der Waals surface area (Å²) in [6.45, 7) is 0.208. The van der Waals surface area contributed by atoms with Crippen LogP contribution in [0.25, 0.3) is 27.1 Å². The lowest BCUT2D eigenvalue weighted by Gasteiger charge is -2.01. The minimum Gasteiger partial charge on any atom is -0.467 e. The van der Waals surface area contributed by atoms with Crippen molar-refractivity contribution in [1.82, 2.24) is 10.3 Å². The predicted octanol–water partition coefficient (Wildman–Crippen LogP) is 4.37. The molecule has 0 aliphatic carbocycles. The van der Waals surface area contributed by atoms with Gasteiger partial charge in [0.2, 0.25) is 0 Å². The summed E-state index contributed by atoms with van der Waals surface area (Å²) in [5.74, 6) is 1.12. The van der Waals surface area contributed by atoms with Crippen LogP contribution in [-0.4, -0.2) is 10.9 Å². The molecule has 4 aromatic rings. The molecule has 4 rings (SSSR count). The standard InChI is InChI=1S/C20H13N3O3S/c21-11-13(19(24)22-12-15-4-3-9-25-15)10-14-7-8-17(26-14)20-23-16-5-1-2-6-18(16)27-20/h1-10H,12H2,(H,22,24). The number of amides is 1. The van der Waals surface area contributed by atoms with Crippen molar-refractivity contribution in [3.63, 3.8) is 0 Å². The van der Waals surface area contributed by atoms with Gasteiger partial charge in [-0.1, -0.05) is 12.1 Å². The molecule has 0 spiro atoms. The third-order valence-electron chi connectivity index (χ3n) is 3.79. The molecule has 1 N–H and O–H groups in total. The Bertz CT molecular complexity index is 1130. The summed E-state index contributed by atoms with van der Waals surface area (Å²) in [5.41, 5.74) is 0.854. The molecule has 0 aliphatic heterocycles. The number of fused-ring (bicyclic) bond motifs is 1. The number of carbonyl (C=O) groups is 1. The maximum Gasteiger partial charge on any atom is 0.262 e. The number of benzene rings is 1. The lowest BCUT2D eigenvalue weighted by molar-refractivity contribution is -0.117. The predicted molar refractivity (Wildman–Crippen MR) is 101 cm³/mol. The summed E-state index contributed by atoms with van der Waals surface area (Å²) in [7, 11) is 0. The molecule has 1 amide bonds. The van der Waals surface area contributed by atoms with Gasteiger partial charge in [0.1, 0.15) is 23.2 Å². The Hall–Kier alpha value is -3.63. The third kappa shape index (κ3) is 3.66. The topological polar surface area (TPSA) is 92.1 Å². The molecule has 0 saturated heterocycles. The summed E-state index contributed by atoms with van der Waals surface area (Å²) < 4.78 is 12.0. The maximum atomic E-state index is 12.2. The van der Waals surface area contributed by atoms with Crippen LogP contribution in [0.4, 0.5) is 0 Å². The van der Waals surface area contributed by atoms with E-state index >= 15 is 0 Å². The molecule has 132 valence electrons. The van der Waals surface area contributed by atoms with E-state index in [4.69, 9.17) is 8.83 Å². The Kier molecular flexibility index (Phi) is 4.56. The number of nitrogens with zero attached hydrogens (tertiary/aromatic N) is 2. The van der Waals surface area contributed by atoms with Crippen LogP contribution >= 0.6 is 11.3 Å². The highest BCUT2D eigenvalue weighted by molar-refractivity contribution is 7.21. The minimum atomic E-state index is -0.494. The van der Waals surface area contributed by atoms with E-state index < -0.39 is 5.91 Å². The Morgan fingerprint density at radius 2 is 2.11 bits per heavy atom. The second-order valence-electron chi connectivity index (χ2n) is 5.62. The highest BCUT2D eigenvalue weighted by atomic mass is 32.1. The van der Waals surface area contributed by atoms with E-state index in [2.05, 4.69) is 10.3 Å². The van der Waals surface area contributed by atoms with Gasteiger partial charge >= 0.3 is 0 Å². The zero-order chi connectivity index (χ0) is 18.6. The van der Waals surface area contributed by atoms with E-state index in [0.717, 1.165) is 15.2 Å². The number of rotatable bonds is 5. The van der Waals surface area contributed by atoms with Crippen molar-refractivity contribution in [3.05, 3.63) is 71.9 Å². The smallest absolute Gasteiger partial charge is 0.262 e. The first kappa shape index (κ1) is 16.8. The molecule has 7 heteroatoms. The number of para-hydroxylation sites is 1. The second kappa shape index (κ2) is 7.32. The molecule has 1 aromatic carbocycles. The van der Waals surface area contributed by atoms with Gasteiger partial charge in [0.25, 0.3) is 5.91 Å². The van der Waals surface area contributed by atoms with Crippen LogP contribution in [0.5, 0.6) is 0 Å². The van der Waals surface area contributed by atoms with Gasteiger partial charge in [0, 0.05) is 6.08 Å². The number of furan rings is 2. The van der Waals surface area contributed by atoms with Gasteiger partial charge in [-0.25, -0.2) is 4.98 Å².